The molecule has 0 aliphatic heterocycles. The van der Waals surface area contributed by atoms with Crippen molar-refractivity contribution in [2.24, 2.45) is 0 Å². The fraction of sp³-hybridized carbons (Fsp3) is 0.182. The zero-order chi connectivity index (χ0) is 10.8. The van der Waals surface area contributed by atoms with Gasteiger partial charge in [0.25, 0.3) is 0 Å². The summed E-state index contributed by atoms with van der Waals surface area (Å²) in [5.74, 6) is 0.464. The van der Waals surface area contributed by atoms with Gasteiger partial charge < -0.3 is 0 Å². The molecule has 2 aromatic rings. The number of hydrogen-bond donors (Lipinski definition) is 0. The SMILES string of the molecule is Cc1sc(CCl)nc1-c1cccc(Cl)c1. The molecule has 0 N–H and O–H groups in total. The van der Waals surface area contributed by atoms with Crippen molar-refractivity contribution in [1.29, 1.82) is 0 Å². The van der Waals surface area contributed by atoms with E-state index in [1.165, 1.54) is 4.88 Å². The Morgan fingerprint density at radius 2 is 2.20 bits per heavy atom. The Hall–Kier alpha value is -0.570. The van der Waals surface area contributed by atoms with Crippen LogP contribution in [0.25, 0.3) is 11.3 Å². The molecule has 2 rings (SSSR count). The standard InChI is InChI=1S/C11H9Cl2NS/c1-7-11(14-10(6-12)15-7)8-3-2-4-9(13)5-8/h2-5H,6H2,1H3. The molecule has 78 valence electrons. The van der Waals surface area contributed by atoms with Crippen LogP contribution in [0.1, 0.15) is 9.88 Å². The Morgan fingerprint density at radius 3 is 2.80 bits per heavy atom. The van der Waals surface area contributed by atoms with Gasteiger partial charge in [-0.2, -0.15) is 0 Å². The van der Waals surface area contributed by atoms with Gasteiger partial charge in [-0.1, -0.05) is 23.7 Å². The molecule has 1 aromatic heterocycles. The summed E-state index contributed by atoms with van der Waals surface area (Å²) in [6.45, 7) is 2.05. The van der Waals surface area contributed by atoms with Gasteiger partial charge in [-0.3, -0.25) is 0 Å². The van der Waals surface area contributed by atoms with Gasteiger partial charge in [-0.05, 0) is 19.1 Å². The first kappa shape index (κ1) is 10.9. The summed E-state index contributed by atoms with van der Waals surface area (Å²) in [7, 11) is 0. The predicted octanol–water partition coefficient (Wildman–Crippen LogP) is 4.51. The predicted molar refractivity (Wildman–Crippen MR) is 66.9 cm³/mol. The number of alkyl halides is 1. The number of hydrogen-bond acceptors (Lipinski definition) is 2. The van der Waals surface area contributed by atoms with Crippen LogP contribution >= 0.6 is 34.5 Å². The normalized spacial score (nSPS) is 10.6. The Balaban J connectivity index is 2.48. The third kappa shape index (κ3) is 2.33. The average Bonchev–Trinajstić information content (AvgIpc) is 2.60. The van der Waals surface area contributed by atoms with Crippen LogP contribution in [-0.4, -0.2) is 4.98 Å². The van der Waals surface area contributed by atoms with Crippen molar-refractivity contribution in [3.8, 4) is 11.3 Å². The molecule has 0 fully saturated rings. The molecule has 0 aliphatic rings. The highest BCUT2D eigenvalue weighted by Crippen LogP contribution is 2.29. The van der Waals surface area contributed by atoms with Crippen molar-refractivity contribution < 1.29 is 0 Å². The molecule has 0 radical (unpaired) electrons. The highest BCUT2D eigenvalue weighted by molar-refractivity contribution is 7.12. The fourth-order valence-electron chi connectivity index (χ4n) is 1.41. The van der Waals surface area contributed by atoms with Crippen molar-refractivity contribution in [3.63, 3.8) is 0 Å². The minimum atomic E-state index is 0.464. The van der Waals surface area contributed by atoms with E-state index in [4.69, 9.17) is 23.2 Å². The van der Waals surface area contributed by atoms with Gasteiger partial charge in [0.15, 0.2) is 0 Å². The Kier molecular flexibility index (Phi) is 3.29. The van der Waals surface area contributed by atoms with Crippen LogP contribution in [0, 0.1) is 6.92 Å². The molecule has 15 heavy (non-hydrogen) atoms. The first-order valence-corrected chi connectivity index (χ1v) is 6.22. The van der Waals surface area contributed by atoms with Crippen molar-refractivity contribution in [2.75, 3.05) is 0 Å². The zero-order valence-corrected chi connectivity index (χ0v) is 10.5. The molecular weight excluding hydrogens is 249 g/mol. The van der Waals surface area contributed by atoms with E-state index in [1.807, 2.05) is 31.2 Å². The number of nitrogens with zero attached hydrogens (tertiary/aromatic N) is 1. The van der Waals surface area contributed by atoms with E-state index in [2.05, 4.69) is 4.98 Å². The molecule has 0 spiro atoms. The highest BCUT2D eigenvalue weighted by atomic mass is 35.5. The van der Waals surface area contributed by atoms with E-state index in [-0.39, 0.29) is 0 Å². The number of benzene rings is 1. The monoisotopic (exact) mass is 257 g/mol. The van der Waals surface area contributed by atoms with Crippen molar-refractivity contribution in [2.45, 2.75) is 12.8 Å². The second kappa shape index (κ2) is 4.52. The topological polar surface area (TPSA) is 12.9 Å². The fourth-order valence-corrected chi connectivity index (χ4v) is 2.63. The average molecular weight is 258 g/mol. The summed E-state index contributed by atoms with van der Waals surface area (Å²) in [6, 6.07) is 7.71. The summed E-state index contributed by atoms with van der Waals surface area (Å²) in [4.78, 5) is 5.64. The zero-order valence-electron chi connectivity index (χ0n) is 8.13. The first-order chi connectivity index (χ1) is 7.20. The third-order valence-corrected chi connectivity index (χ3v) is 3.67. The van der Waals surface area contributed by atoms with E-state index < -0.39 is 0 Å². The smallest absolute Gasteiger partial charge is 0.108 e. The molecule has 0 amide bonds. The molecule has 0 unspecified atom stereocenters. The van der Waals surface area contributed by atoms with E-state index in [0.29, 0.717) is 5.88 Å². The second-order valence-electron chi connectivity index (χ2n) is 3.16. The minimum absolute atomic E-state index is 0.464. The second-order valence-corrected chi connectivity index (χ2v) is 5.15. The lowest BCUT2D eigenvalue weighted by atomic mass is 10.1. The van der Waals surface area contributed by atoms with Crippen LogP contribution in [0.2, 0.25) is 5.02 Å². The van der Waals surface area contributed by atoms with E-state index in [0.717, 1.165) is 21.3 Å². The van der Waals surface area contributed by atoms with Crippen LogP contribution in [-0.2, 0) is 5.88 Å². The van der Waals surface area contributed by atoms with Crippen molar-refractivity contribution in [1.82, 2.24) is 4.98 Å². The summed E-state index contributed by atoms with van der Waals surface area (Å²) >= 11 is 13.3. The summed E-state index contributed by atoms with van der Waals surface area (Å²) in [6.07, 6.45) is 0. The Labute approximate surface area is 103 Å². The molecule has 0 aliphatic carbocycles. The Morgan fingerprint density at radius 1 is 1.40 bits per heavy atom. The van der Waals surface area contributed by atoms with Crippen LogP contribution in [0.4, 0.5) is 0 Å². The van der Waals surface area contributed by atoms with Gasteiger partial charge in [0, 0.05) is 15.5 Å². The van der Waals surface area contributed by atoms with Crippen molar-refractivity contribution >= 4 is 34.5 Å². The minimum Gasteiger partial charge on any atom is -0.240 e. The van der Waals surface area contributed by atoms with Gasteiger partial charge in [0.2, 0.25) is 0 Å². The molecular formula is C11H9Cl2NS. The van der Waals surface area contributed by atoms with Gasteiger partial charge in [0.1, 0.15) is 5.01 Å². The summed E-state index contributed by atoms with van der Waals surface area (Å²) in [5, 5.41) is 1.68. The molecule has 1 heterocycles. The van der Waals surface area contributed by atoms with Crippen LogP contribution < -0.4 is 0 Å². The number of halogens is 2. The molecule has 0 saturated carbocycles. The summed E-state index contributed by atoms with van der Waals surface area (Å²) in [5.41, 5.74) is 2.03. The lowest BCUT2D eigenvalue weighted by Crippen LogP contribution is -1.81. The molecule has 0 saturated heterocycles. The number of aromatic nitrogens is 1. The lowest BCUT2D eigenvalue weighted by Gasteiger charge is -1.98. The molecule has 4 heteroatoms. The number of rotatable bonds is 2. The highest BCUT2D eigenvalue weighted by Gasteiger charge is 2.09. The maximum absolute atomic E-state index is 5.94. The van der Waals surface area contributed by atoms with Gasteiger partial charge in [-0.15, -0.1) is 22.9 Å². The Bertz CT molecular complexity index is 479. The van der Waals surface area contributed by atoms with Crippen LogP contribution in [0.5, 0.6) is 0 Å². The van der Waals surface area contributed by atoms with Crippen LogP contribution in [0.3, 0.4) is 0 Å². The quantitative estimate of drug-likeness (QED) is 0.722. The van der Waals surface area contributed by atoms with E-state index >= 15 is 0 Å². The molecule has 0 atom stereocenters. The van der Waals surface area contributed by atoms with Gasteiger partial charge in [-0.25, -0.2) is 4.98 Å². The molecule has 0 bridgehead atoms. The maximum Gasteiger partial charge on any atom is 0.108 e. The van der Waals surface area contributed by atoms with E-state index in [1.54, 1.807) is 11.3 Å². The maximum atomic E-state index is 5.94. The van der Waals surface area contributed by atoms with Crippen LogP contribution in [0.15, 0.2) is 24.3 Å². The molecule has 1 aromatic carbocycles. The number of thiazole rings is 1. The van der Waals surface area contributed by atoms with Crippen molar-refractivity contribution in [3.05, 3.63) is 39.2 Å². The molecule has 1 nitrogen and oxygen atoms in total. The number of aryl methyl sites for hydroxylation is 1. The van der Waals surface area contributed by atoms with Gasteiger partial charge in [0.05, 0.1) is 11.6 Å². The summed E-state index contributed by atoms with van der Waals surface area (Å²) < 4.78 is 0. The largest absolute Gasteiger partial charge is 0.240 e. The van der Waals surface area contributed by atoms with Gasteiger partial charge >= 0.3 is 0 Å². The lowest BCUT2D eigenvalue weighted by molar-refractivity contribution is 1.25. The first-order valence-electron chi connectivity index (χ1n) is 4.49. The van der Waals surface area contributed by atoms with E-state index in [9.17, 15) is 0 Å². The third-order valence-electron chi connectivity index (χ3n) is 2.05.